The second-order valence-electron chi connectivity index (χ2n) is 6.48. The Bertz CT molecular complexity index is 909. The van der Waals surface area contributed by atoms with Crippen molar-refractivity contribution in [3.63, 3.8) is 0 Å². The number of fused-ring (bicyclic) bond motifs is 2. The summed E-state index contributed by atoms with van der Waals surface area (Å²) < 4.78 is 11.1. The Hall–Kier alpha value is -2.19. The predicted octanol–water partition coefficient (Wildman–Crippen LogP) is 3.23. The zero-order valence-electron chi connectivity index (χ0n) is 14.9. The molecule has 4 rings (SSSR count). The third-order valence-electron chi connectivity index (χ3n) is 4.60. The molecule has 0 saturated heterocycles. The monoisotopic (exact) mass is 404 g/mol. The van der Waals surface area contributed by atoms with Crippen LogP contribution in [0.4, 0.5) is 5.00 Å². The minimum atomic E-state index is -0.475. The molecule has 1 unspecified atom stereocenters. The van der Waals surface area contributed by atoms with Gasteiger partial charge in [0.1, 0.15) is 18.2 Å². The molecule has 2 amide bonds. The molecule has 8 heteroatoms. The van der Waals surface area contributed by atoms with Gasteiger partial charge >= 0.3 is 0 Å². The number of amides is 2. The molecule has 3 N–H and O–H groups in total. The summed E-state index contributed by atoms with van der Waals surface area (Å²) >= 11 is 2.90. The van der Waals surface area contributed by atoms with Gasteiger partial charge in [-0.15, -0.1) is 23.1 Å². The summed E-state index contributed by atoms with van der Waals surface area (Å²) in [6.07, 6.45) is 2.82. The number of hydrogen-bond donors (Lipinski definition) is 2. The van der Waals surface area contributed by atoms with Gasteiger partial charge in [0.15, 0.2) is 11.5 Å². The van der Waals surface area contributed by atoms with Crippen molar-refractivity contribution in [2.24, 2.45) is 5.73 Å². The highest BCUT2D eigenvalue weighted by Crippen LogP contribution is 2.40. The van der Waals surface area contributed by atoms with Crippen LogP contribution in [-0.2, 0) is 17.6 Å². The number of nitrogens with two attached hydrogens (primary N) is 1. The molecule has 0 fully saturated rings. The lowest BCUT2D eigenvalue weighted by atomic mass is 10.1. The smallest absolute Gasteiger partial charge is 0.251 e. The second-order valence-corrected chi connectivity index (χ2v) is 9.00. The molecular weight excluding hydrogens is 384 g/mol. The molecule has 27 heavy (non-hydrogen) atoms. The first-order valence-electron chi connectivity index (χ1n) is 8.84. The minimum absolute atomic E-state index is 0.155. The molecule has 1 aliphatic carbocycles. The molecule has 2 aliphatic rings. The van der Waals surface area contributed by atoms with Crippen molar-refractivity contribution < 1.29 is 19.1 Å². The number of aryl methyl sites for hydroxylation is 1. The first-order valence-corrected chi connectivity index (χ1v) is 10.5. The highest BCUT2D eigenvalue weighted by atomic mass is 32.2. The largest absolute Gasteiger partial charge is 0.486 e. The highest BCUT2D eigenvalue weighted by Gasteiger charge is 2.27. The SMILES string of the molecule is CC(Sc1ccc2c(c1)OCCO2)C(=O)Nc1sc2c(c1C(N)=O)CCC2. The summed E-state index contributed by atoms with van der Waals surface area (Å²) in [5.41, 5.74) is 7.05. The van der Waals surface area contributed by atoms with Crippen LogP contribution in [0.1, 0.15) is 34.1 Å². The summed E-state index contributed by atoms with van der Waals surface area (Å²) in [6, 6.07) is 5.66. The normalized spacial score (nSPS) is 15.9. The Morgan fingerprint density at radius 1 is 1.22 bits per heavy atom. The number of anilines is 1. The van der Waals surface area contributed by atoms with Crippen LogP contribution in [0.15, 0.2) is 23.1 Å². The number of nitrogens with one attached hydrogen (secondary N) is 1. The van der Waals surface area contributed by atoms with E-state index in [2.05, 4.69) is 5.32 Å². The van der Waals surface area contributed by atoms with Crippen molar-refractivity contribution in [1.82, 2.24) is 0 Å². The zero-order valence-corrected chi connectivity index (χ0v) is 16.5. The van der Waals surface area contributed by atoms with Crippen LogP contribution in [-0.4, -0.2) is 30.3 Å². The van der Waals surface area contributed by atoms with E-state index in [1.807, 2.05) is 25.1 Å². The van der Waals surface area contributed by atoms with Crippen molar-refractivity contribution in [3.05, 3.63) is 34.2 Å². The summed E-state index contributed by atoms with van der Waals surface area (Å²) in [7, 11) is 0. The van der Waals surface area contributed by atoms with E-state index in [4.69, 9.17) is 15.2 Å². The van der Waals surface area contributed by atoms with Gasteiger partial charge in [0.25, 0.3) is 5.91 Å². The van der Waals surface area contributed by atoms with Crippen LogP contribution in [0.5, 0.6) is 11.5 Å². The van der Waals surface area contributed by atoms with Gasteiger partial charge in [-0.25, -0.2) is 0 Å². The van der Waals surface area contributed by atoms with Crippen molar-refractivity contribution in [1.29, 1.82) is 0 Å². The fourth-order valence-electron chi connectivity index (χ4n) is 3.32. The molecule has 6 nitrogen and oxygen atoms in total. The number of ether oxygens (including phenoxy) is 2. The van der Waals surface area contributed by atoms with Gasteiger partial charge in [-0.2, -0.15) is 0 Å². The predicted molar refractivity (Wildman–Crippen MR) is 106 cm³/mol. The van der Waals surface area contributed by atoms with E-state index in [1.165, 1.54) is 23.1 Å². The Labute approximate surface area is 165 Å². The van der Waals surface area contributed by atoms with Crippen LogP contribution in [0.3, 0.4) is 0 Å². The van der Waals surface area contributed by atoms with Gasteiger partial charge in [-0.1, -0.05) is 0 Å². The molecule has 0 bridgehead atoms. The third-order valence-corrected chi connectivity index (χ3v) is 6.90. The number of carbonyl (C=O) groups excluding carboxylic acids is 2. The van der Waals surface area contributed by atoms with E-state index in [1.54, 1.807) is 0 Å². The number of primary amides is 1. The van der Waals surface area contributed by atoms with Crippen molar-refractivity contribution in [2.45, 2.75) is 36.3 Å². The van der Waals surface area contributed by atoms with E-state index in [9.17, 15) is 9.59 Å². The maximum atomic E-state index is 12.7. The lowest BCUT2D eigenvalue weighted by Crippen LogP contribution is -2.24. The molecule has 1 aliphatic heterocycles. The molecule has 2 aromatic rings. The molecular formula is C19H20N2O4S2. The molecule has 2 heterocycles. The van der Waals surface area contributed by atoms with E-state index in [-0.39, 0.29) is 11.2 Å². The zero-order chi connectivity index (χ0) is 19.0. The topological polar surface area (TPSA) is 90.7 Å². The number of benzene rings is 1. The van der Waals surface area contributed by atoms with E-state index in [0.717, 1.165) is 40.3 Å². The summed E-state index contributed by atoms with van der Waals surface area (Å²) in [6.45, 7) is 2.91. The fourth-order valence-corrected chi connectivity index (χ4v) is 5.51. The molecule has 0 radical (unpaired) electrons. The van der Waals surface area contributed by atoms with E-state index < -0.39 is 5.91 Å². The van der Waals surface area contributed by atoms with Gasteiger partial charge in [0.05, 0.1) is 10.8 Å². The summed E-state index contributed by atoms with van der Waals surface area (Å²) in [5, 5.41) is 3.14. The molecule has 1 atom stereocenters. The van der Waals surface area contributed by atoms with Gasteiger partial charge in [0.2, 0.25) is 5.91 Å². The average Bonchev–Trinajstić information content (AvgIpc) is 3.21. The van der Waals surface area contributed by atoms with Crippen molar-refractivity contribution in [2.75, 3.05) is 18.5 Å². The maximum Gasteiger partial charge on any atom is 0.251 e. The summed E-state index contributed by atoms with van der Waals surface area (Å²) in [4.78, 5) is 26.6. The number of thiophene rings is 1. The first-order chi connectivity index (χ1) is 13.0. The van der Waals surface area contributed by atoms with Crippen LogP contribution in [0, 0.1) is 0 Å². The second kappa shape index (κ2) is 7.44. The molecule has 0 saturated carbocycles. The third kappa shape index (κ3) is 3.64. The highest BCUT2D eigenvalue weighted by molar-refractivity contribution is 8.00. The van der Waals surface area contributed by atoms with Crippen molar-refractivity contribution in [3.8, 4) is 11.5 Å². The quantitative estimate of drug-likeness (QED) is 0.747. The first kappa shape index (κ1) is 18.2. The number of thioether (sulfide) groups is 1. The lowest BCUT2D eigenvalue weighted by Gasteiger charge is -2.19. The van der Waals surface area contributed by atoms with E-state index in [0.29, 0.717) is 29.5 Å². The number of carbonyl (C=O) groups is 2. The van der Waals surface area contributed by atoms with Crippen LogP contribution < -0.4 is 20.5 Å². The van der Waals surface area contributed by atoms with Crippen LogP contribution >= 0.6 is 23.1 Å². The van der Waals surface area contributed by atoms with Gasteiger partial charge in [-0.05, 0) is 49.9 Å². The van der Waals surface area contributed by atoms with Crippen LogP contribution in [0.2, 0.25) is 0 Å². The standard InChI is InChI=1S/C19H20N2O4S2/c1-10(26-11-5-6-13-14(9-11)25-8-7-24-13)18(23)21-19-16(17(20)22)12-3-2-4-15(12)27-19/h5-6,9-10H,2-4,7-8H2,1H3,(H2,20,22)(H,21,23). The van der Waals surface area contributed by atoms with Crippen molar-refractivity contribution >= 4 is 39.9 Å². The Balaban J connectivity index is 1.47. The number of rotatable bonds is 5. The van der Waals surface area contributed by atoms with Gasteiger partial charge in [0, 0.05) is 9.77 Å². The Morgan fingerprint density at radius 2 is 2.00 bits per heavy atom. The van der Waals surface area contributed by atoms with E-state index >= 15 is 0 Å². The maximum absolute atomic E-state index is 12.7. The Morgan fingerprint density at radius 3 is 2.78 bits per heavy atom. The number of hydrogen-bond acceptors (Lipinski definition) is 6. The molecule has 142 valence electrons. The van der Waals surface area contributed by atoms with Crippen LogP contribution in [0.25, 0.3) is 0 Å². The van der Waals surface area contributed by atoms with Gasteiger partial charge < -0.3 is 20.5 Å². The minimum Gasteiger partial charge on any atom is -0.486 e. The van der Waals surface area contributed by atoms with Gasteiger partial charge in [-0.3, -0.25) is 9.59 Å². The summed E-state index contributed by atoms with van der Waals surface area (Å²) in [5.74, 6) is 0.792. The molecule has 0 spiro atoms. The Kier molecular flexibility index (Phi) is 5.01. The fraction of sp³-hybridized carbons (Fsp3) is 0.368. The lowest BCUT2D eigenvalue weighted by molar-refractivity contribution is -0.115. The average molecular weight is 405 g/mol. The molecule has 1 aromatic carbocycles. The molecule has 1 aromatic heterocycles.